The van der Waals surface area contributed by atoms with Crippen LogP contribution in [0.1, 0.15) is 46.5 Å². The molecule has 0 aromatic carbocycles. The third-order valence-electron chi connectivity index (χ3n) is 4.62. The minimum atomic E-state index is -2.15. The Balaban J connectivity index is 3.01. The van der Waals surface area contributed by atoms with Gasteiger partial charge in [-0.1, -0.05) is 51.8 Å². The minimum Gasteiger partial charge on any atom is -0.507 e. The molecule has 3 atom stereocenters. The zero-order valence-electron chi connectivity index (χ0n) is 15.4. The Labute approximate surface area is 153 Å². The van der Waals surface area contributed by atoms with Gasteiger partial charge in [0.05, 0.1) is 6.04 Å². The van der Waals surface area contributed by atoms with Crippen LogP contribution >= 0.6 is 0 Å². The number of unbranched alkanes of at least 4 members (excludes halogenated alkanes) is 1. The van der Waals surface area contributed by atoms with Crippen LogP contribution in [0.15, 0.2) is 35.6 Å². The summed E-state index contributed by atoms with van der Waals surface area (Å²) in [4.78, 5) is 36.0. The normalized spacial score (nSPS) is 23.3. The van der Waals surface area contributed by atoms with Gasteiger partial charge in [-0.15, -0.1) is 0 Å². The number of aliphatic hydroxyl groups excluding tert-OH is 1. The highest BCUT2D eigenvalue weighted by atomic mass is 16.4. The second kappa shape index (κ2) is 9.33. The number of carboxylic acid groups (broad SMARTS) is 1. The van der Waals surface area contributed by atoms with E-state index in [9.17, 15) is 29.7 Å². The molecule has 0 spiro atoms. The molecule has 1 heterocycles. The molecule has 0 bridgehead atoms. The monoisotopic (exact) mass is 365 g/mol. The van der Waals surface area contributed by atoms with E-state index in [1.807, 2.05) is 13.0 Å². The van der Waals surface area contributed by atoms with Crippen LogP contribution < -0.4 is 5.32 Å². The number of amides is 1. The summed E-state index contributed by atoms with van der Waals surface area (Å²) in [5.74, 6) is -4.06. The van der Waals surface area contributed by atoms with Crippen molar-refractivity contribution in [3.05, 3.63) is 35.6 Å². The second-order valence-corrected chi connectivity index (χ2v) is 6.47. The predicted molar refractivity (Wildman–Crippen MR) is 96.4 cm³/mol. The van der Waals surface area contributed by atoms with Crippen molar-refractivity contribution >= 4 is 17.7 Å². The number of carboxylic acids is 1. The van der Waals surface area contributed by atoms with Crippen molar-refractivity contribution in [3.8, 4) is 0 Å². The van der Waals surface area contributed by atoms with E-state index in [1.165, 1.54) is 12.2 Å². The molecule has 4 N–H and O–H groups in total. The van der Waals surface area contributed by atoms with E-state index in [2.05, 4.69) is 5.32 Å². The van der Waals surface area contributed by atoms with Gasteiger partial charge in [-0.05, 0) is 18.4 Å². The maximum atomic E-state index is 12.4. The van der Waals surface area contributed by atoms with Crippen LogP contribution in [0.4, 0.5) is 0 Å². The molecule has 7 nitrogen and oxygen atoms in total. The van der Waals surface area contributed by atoms with Gasteiger partial charge in [0.1, 0.15) is 11.3 Å². The first-order valence-electron chi connectivity index (χ1n) is 8.76. The SMILES string of the molecule is CCC/C=C/C=C/C(O)=C1\C(=O)NC(CC(O)(C(=O)O)C(C)CC)C1=O. The fraction of sp³-hybridized carbons (Fsp3) is 0.526. The fourth-order valence-electron chi connectivity index (χ4n) is 2.69. The summed E-state index contributed by atoms with van der Waals surface area (Å²) < 4.78 is 0. The Morgan fingerprint density at radius 2 is 1.92 bits per heavy atom. The Hall–Kier alpha value is -2.41. The minimum absolute atomic E-state index is 0.387. The fourth-order valence-corrected chi connectivity index (χ4v) is 2.69. The Bertz CT molecular complexity index is 648. The van der Waals surface area contributed by atoms with E-state index < -0.39 is 53.0 Å². The molecule has 0 radical (unpaired) electrons. The van der Waals surface area contributed by atoms with Crippen LogP contribution in [-0.4, -0.2) is 44.6 Å². The van der Waals surface area contributed by atoms with E-state index in [0.717, 1.165) is 12.8 Å². The largest absolute Gasteiger partial charge is 0.507 e. The molecule has 144 valence electrons. The van der Waals surface area contributed by atoms with Gasteiger partial charge in [-0.3, -0.25) is 9.59 Å². The molecule has 26 heavy (non-hydrogen) atoms. The highest BCUT2D eigenvalue weighted by Gasteiger charge is 2.48. The third-order valence-corrected chi connectivity index (χ3v) is 4.62. The number of carbonyl (C=O) groups is 3. The van der Waals surface area contributed by atoms with E-state index >= 15 is 0 Å². The van der Waals surface area contributed by atoms with Gasteiger partial charge in [0.2, 0.25) is 0 Å². The van der Waals surface area contributed by atoms with E-state index in [-0.39, 0.29) is 0 Å². The van der Waals surface area contributed by atoms with Crippen molar-refractivity contribution in [3.63, 3.8) is 0 Å². The summed E-state index contributed by atoms with van der Waals surface area (Å²) in [6.45, 7) is 5.31. The van der Waals surface area contributed by atoms with E-state index in [4.69, 9.17) is 0 Å². The zero-order valence-corrected chi connectivity index (χ0v) is 15.4. The lowest BCUT2D eigenvalue weighted by atomic mass is 9.81. The zero-order chi connectivity index (χ0) is 19.9. The summed E-state index contributed by atoms with van der Waals surface area (Å²) in [6.07, 6.45) is 8.10. The molecule has 7 heteroatoms. The van der Waals surface area contributed by atoms with Gasteiger partial charge < -0.3 is 20.6 Å². The maximum absolute atomic E-state index is 12.4. The molecule has 1 rings (SSSR count). The summed E-state index contributed by atoms with van der Waals surface area (Å²) in [5.41, 5.74) is -2.57. The molecular formula is C19H27NO6. The number of carbonyl (C=O) groups excluding carboxylic acids is 2. The van der Waals surface area contributed by atoms with Gasteiger partial charge >= 0.3 is 5.97 Å². The van der Waals surface area contributed by atoms with Crippen molar-refractivity contribution in [1.82, 2.24) is 5.32 Å². The summed E-state index contributed by atoms with van der Waals surface area (Å²) >= 11 is 0. The van der Waals surface area contributed by atoms with Crippen molar-refractivity contribution in [2.24, 2.45) is 5.92 Å². The van der Waals surface area contributed by atoms with Crippen molar-refractivity contribution < 1.29 is 29.7 Å². The van der Waals surface area contributed by atoms with E-state index in [1.54, 1.807) is 19.9 Å². The van der Waals surface area contributed by atoms with Crippen molar-refractivity contribution in [1.29, 1.82) is 0 Å². The van der Waals surface area contributed by atoms with Gasteiger partial charge in [0.15, 0.2) is 11.4 Å². The topological polar surface area (TPSA) is 124 Å². The molecule has 0 saturated carbocycles. The average Bonchev–Trinajstić information content (AvgIpc) is 2.86. The van der Waals surface area contributed by atoms with E-state index in [0.29, 0.717) is 6.42 Å². The first-order valence-corrected chi connectivity index (χ1v) is 8.76. The second-order valence-electron chi connectivity index (χ2n) is 6.47. The Morgan fingerprint density at radius 1 is 1.27 bits per heavy atom. The molecular weight excluding hydrogens is 338 g/mol. The number of ketones is 1. The Kier molecular flexibility index (Phi) is 7.76. The van der Waals surface area contributed by atoms with Crippen molar-refractivity contribution in [2.45, 2.75) is 58.1 Å². The Morgan fingerprint density at radius 3 is 2.46 bits per heavy atom. The number of allylic oxidation sites excluding steroid dienone is 4. The van der Waals surface area contributed by atoms with Gasteiger partial charge in [0.25, 0.3) is 5.91 Å². The maximum Gasteiger partial charge on any atom is 0.336 e. The van der Waals surface area contributed by atoms with Crippen LogP contribution in [0, 0.1) is 5.92 Å². The first-order chi connectivity index (χ1) is 12.2. The third kappa shape index (κ3) is 4.82. The molecule has 3 unspecified atom stereocenters. The molecule has 1 aliphatic heterocycles. The van der Waals surface area contributed by atoms with Crippen molar-refractivity contribution in [2.75, 3.05) is 0 Å². The van der Waals surface area contributed by atoms with Crippen LogP contribution in [0.25, 0.3) is 0 Å². The first kappa shape index (κ1) is 21.6. The molecule has 1 aliphatic rings. The van der Waals surface area contributed by atoms with Gasteiger partial charge in [0, 0.05) is 6.42 Å². The van der Waals surface area contributed by atoms with Crippen LogP contribution in [0.2, 0.25) is 0 Å². The molecule has 0 aromatic rings. The summed E-state index contributed by atoms with van der Waals surface area (Å²) in [5, 5.41) is 32.2. The number of aliphatic hydroxyl groups is 2. The molecule has 1 saturated heterocycles. The number of aliphatic carboxylic acids is 1. The lowest BCUT2D eigenvalue weighted by molar-refractivity contribution is -0.166. The van der Waals surface area contributed by atoms with Crippen LogP contribution in [0.3, 0.4) is 0 Å². The smallest absolute Gasteiger partial charge is 0.336 e. The number of nitrogens with one attached hydrogen (secondary N) is 1. The number of rotatable bonds is 9. The molecule has 1 amide bonds. The molecule has 1 fully saturated rings. The highest BCUT2D eigenvalue weighted by molar-refractivity contribution is 6.27. The van der Waals surface area contributed by atoms with Gasteiger partial charge in [-0.2, -0.15) is 0 Å². The van der Waals surface area contributed by atoms with Gasteiger partial charge in [-0.25, -0.2) is 4.79 Å². The average molecular weight is 365 g/mol. The highest BCUT2D eigenvalue weighted by Crippen LogP contribution is 2.29. The standard InChI is InChI=1S/C19H27NO6/c1-4-6-7-8-9-10-14(21)15-16(22)13(20-17(15)23)11-19(26,18(24)25)12(3)5-2/h7-10,12-13,21,26H,4-6,11H2,1-3H3,(H,20,23)(H,24,25)/b8-7+,10-9+,15-14+. The quantitative estimate of drug-likeness (QED) is 0.214. The summed E-state index contributed by atoms with van der Waals surface area (Å²) in [6, 6.07) is -1.20. The van der Waals surface area contributed by atoms with Crippen LogP contribution in [-0.2, 0) is 14.4 Å². The number of Topliss-reactive ketones (excluding diaryl/α,β-unsaturated/α-hetero) is 1. The number of hydrogen-bond donors (Lipinski definition) is 4. The lowest BCUT2D eigenvalue weighted by Gasteiger charge is -2.31. The molecule has 0 aromatic heterocycles. The summed E-state index contributed by atoms with van der Waals surface area (Å²) in [7, 11) is 0. The van der Waals surface area contributed by atoms with Crippen LogP contribution in [0.5, 0.6) is 0 Å². The molecule has 0 aliphatic carbocycles. The number of hydrogen-bond acceptors (Lipinski definition) is 5. The lowest BCUT2D eigenvalue weighted by Crippen LogP contribution is -2.50. The predicted octanol–water partition coefficient (Wildman–Crippen LogP) is 2.03.